The number of hydrogen-bond acceptors (Lipinski definition) is 5. The lowest BCUT2D eigenvalue weighted by atomic mass is 9.66. The van der Waals surface area contributed by atoms with Gasteiger partial charge in [0.05, 0.1) is 11.8 Å². The molecule has 0 radical (unpaired) electrons. The number of anilines is 1. The van der Waals surface area contributed by atoms with Crippen LogP contribution in [0.4, 0.5) is 5.82 Å². The summed E-state index contributed by atoms with van der Waals surface area (Å²) in [5.74, 6) is 1.17. The molecule has 2 aromatic heterocycles. The van der Waals surface area contributed by atoms with Crippen LogP contribution in [0.25, 0.3) is 11.2 Å². The van der Waals surface area contributed by atoms with Crippen molar-refractivity contribution >= 4 is 28.7 Å². The van der Waals surface area contributed by atoms with E-state index in [9.17, 15) is 9.59 Å². The van der Waals surface area contributed by atoms with Crippen molar-refractivity contribution in [2.24, 2.45) is 11.3 Å². The van der Waals surface area contributed by atoms with Crippen molar-refractivity contribution in [2.45, 2.75) is 33.2 Å². The number of Topliss-reactive ketones (excluding diaryl/α,β-unsaturated/α-hetero) is 1. The molecule has 0 aliphatic carbocycles. The molecular weight excluding hydrogens is 342 g/mol. The average molecular weight is 367 g/mol. The Balaban J connectivity index is 1.53. The Kier molecular flexibility index (Phi) is 4.05. The fourth-order valence-corrected chi connectivity index (χ4v) is 4.18. The Labute approximate surface area is 158 Å². The quantitative estimate of drug-likeness (QED) is 0.648. The van der Waals surface area contributed by atoms with E-state index in [1.807, 2.05) is 18.7 Å². The number of fused-ring (bicyclic) bond motifs is 1. The van der Waals surface area contributed by atoms with E-state index in [0.29, 0.717) is 29.1 Å². The third-order valence-corrected chi connectivity index (χ3v) is 5.89. The summed E-state index contributed by atoms with van der Waals surface area (Å²) in [5, 5.41) is 0. The number of hydrogen-bond donors (Lipinski definition) is 1. The summed E-state index contributed by atoms with van der Waals surface area (Å²) in [5.41, 5.74) is 2.02. The lowest BCUT2D eigenvalue weighted by Gasteiger charge is -2.64. The number of nitrogens with zero attached hydrogens (tertiary/aromatic N) is 4. The minimum Gasteiger partial charge on any atom is -0.351 e. The molecule has 0 aromatic carbocycles. The number of likely N-dealkylation sites (tertiary alicyclic amines) is 1. The standard InChI is InChI=1S/C20H25N5O2/c1-5-17(27)24-9-20(10-24)11-25(13(20)4)16-8-22-19-18(23-16)14(7-21-19)15(26)6-12(2)3/h5,7-8,12-13H,1,6,9-11H2,2-4H3,(H,21,22). The summed E-state index contributed by atoms with van der Waals surface area (Å²) < 4.78 is 0. The molecule has 1 N–H and O–H groups in total. The largest absolute Gasteiger partial charge is 0.351 e. The van der Waals surface area contributed by atoms with Crippen molar-refractivity contribution < 1.29 is 9.59 Å². The van der Waals surface area contributed by atoms with Gasteiger partial charge in [-0.15, -0.1) is 0 Å². The molecule has 4 rings (SSSR count). The fourth-order valence-electron chi connectivity index (χ4n) is 4.18. The van der Waals surface area contributed by atoms with Gasteiger partial charge in [-0.3, -0.25) is 9.59 Å². The fraction of sp³-hybridized carbons (Fsp3) is 0.500. The van der Waals surface area contributed by atoms with E-state index in [1.165, 1.54) is 6.08 Å². The van der Waals surface area contributed by atoms with E-state index in [2.05, 4.69) is 28.4 Å². The highest BCUT2D eigenvalue weighted by Gasteiger charge is 2.58. The van der Waals surface area contributed by atoms with Gasteiger partial charge in [-0.05, 0) is 18.9 Å². The van der Waals surface area contributed by atoms with E-state index in [4.69, 9.17) is 4.98 Å². The minimum absolute atomic E-state index is 0.00637. The van der Waals surface area contributed by atoms with Gasteiger partial charge in [0.25, 0.3) is 0 Å². The van der Waals surface area contributed by atoms with E-state index >= 15 is 0 Å². The maximum atomic E-state index is 12.5. The lowest BCUT2D eigenvalue weighted by Crippen LogP contribution is -2.77. The van der Waals surface area contributed by atoms with Crippen LogP contribution in [0.15, 0.2) is 25.0 Å². The number of aromatic nitrogens is 3. The SMILES string of the molecule is C=CC(=O)N1CC2(C1)CN(c1cnc3[nH]cc(C(=O)CC(C)C)c3n1)C2C. The number of ketones is 1. The molecule has 4 heterocycles. The second-order valence-electron chi connectivity index (χ2n) is 8.21. The maximum Gasteiger partial charge on any atom is 0.245 e. The average Bonchev–Trinajstić information content (AvgIpc) is 3.01. The van der Waals surface area contributed by atoms with Crippen LogP contribution in [0, 0.1) is 11.3 Å². The predicted molar refractivity (Wildman–Crippen MR) is 104 cm³/mol. The van der Waals surface area contributed by atoms with Crippen molar-refractivity contribution in [1.82, 2.24) is 19.9 Å². The van der Waals surface area contributed by atoms with Crippen molar-refractivity contribution in [3.05, 3.63) is 30.6 Å². The highest BCUT2D eigenvalue weighted by Crippen LogP contribution is 2.47. The van der Waals surface area contributed by atoms with Crippen LogP contribution < -0.4 is 4.90 Å². The molecule has 2 saturated heterocycles. The molecule has 1 atom stereocenters. The van der Waals surface area contributed by atoms with Crippen molar-refractivity contribution in [3.8, 4) is 0 Å². The van der Waals surface area contributed by atoms with Gasteiger partial charge in [0, 0.05) is 43.7 Å². The van der Waals surface area contributed by atoms with Crippen LogP contribution in [0.1, 0.15) is 37.6 Å². The van der Waals surface area contributed by atoms with Gasteiger partial charge in [0.2, 0.25) is 5.91 Å². The Morgan fingerprint density at radius 3 is 2.78 bits per heavy atom. The van der Waals surface area contributed by atoms with Gasteiger partial charge in [-0.1, -0.05) is 20.4 Å². The van der Waals surface area contributed by atoms with Gasteiger partial charge in [-0.2, -0.15) is 0 Å². The summed E-state index contributed by atoms with van der Waals surface area (Å²) in [7, 11) is 0. The predicted octanol–water partition coefficient (Wildman–Crippen LogP) is 2.41. The zero-order chi connectivity index (χ0) is 19.3. The smallest absolute Gasteiger partial charge is 0.245 e. The first-order chi connectivity index (χ1) is 12.8. The molecule has 0 saturated carbocycles. The normalized spacial score (nSPS) is 20.7. The molecule has 0 bridgehead atoms. The Bertz CT molecular complexity index is 926. The number of rotatable bonds is 5. The first-order valence-corrected chi connectivity index (χ1v) is 9.40. The van der Waals surface area contributed by atoms with Gasteiger partial charge >= 0.3 is 0 Å². The van der Waals surface area contributed by atoms with Crippen LogP contribution in [0.5, 0.6) is 0 Å². The first-order valence-electron chi connectivity index (χ1n) is 9.40. The summed E-state index contributed by atoms with van der Waals surface area (Å²) in [6.07, 6.45) is 5.33. The van der Waals surface area contributed by atoms with Crippen LogP contribution in [-0.2, 0) is 4.79 Å². The number of carbonyl (C=O) groups is 2. The molecule has 27 heavy (non-hydrogen) atoms. The zero-order valence-electron chi connectivity index (χ0n) is 16.0. The zero-order valence-corrected chi connectivity index (χ0v) is 16.0. The molecule has 2 fully saturated rings. The van der Waals surface area contributed by atoms with Crippen LogP contribution in [-0.4, -0.2) is 57.2 Å². The molecule has 7 nitrogen and oxygen atoms in total. The third kappa shape index (κ3) is 2.72. The highest BCUT2D eigenvalue weighted by atomic mass is 16.2. The number of H-pyrrole nitrogens is 1. The second-order valence-corrected chi connectivity index (χ2v) is 8.21. The summed E-state index contributed by atoms with van der Waals surface area (Å²) in [6, 6.07) is 0.270. The second kappa shape index (κ2) is 6.18. The maximum absolute atomic E-state index is 12.5. The van der Waals surface area contributed by atoms with Crippen LogP contribution in [0.2, 0.25) is 0 Å². The number of carbonyl (C=O) groups excluding carboxylic acids is 2. The van der Waals surface area contributed by atoms with Crippen molar-refractivity contribution in [3.63, 3.8) is 0 Å². The monoisotopic (exact) mass is 367 g/mol. The van der Waals surface area contributed by atoms with E-state index in [-0.39, 0.29) is 23.1 Å². The number of nitrogens with one attached hydrogen (secondary N) is 1. The van der Waals surface area contributed by atoms with E-state index in [1.54, 1.807) is 12.4 Å². The summed E-state index contributed by atoms with van der Waals surface area (Å²) in [4.78, 5) is 40.5. The highest BCUT2D eigenvalue weighted by molar-refractivity contribution is 6.06. The first kappa shape index (κ1) is 17.7. The van der Waals surface area contributed by atoms with Gasteiger partial charge < -0.3 is 14.8 Å². The summed E-state index contributed by atoms with van der Waals surface area (Å²) in [6.45, 7) is 12.1. The molecular formula is C20H25N5O2. The Morgan fingerprint density at radius 2 is 2.15 bits per heavy atom. The lowest BCUT2D eigenvalue weighted by molar-refractivity contribution is -0.142. The number of amides is 1. The van der Waals surface area contributed by atoms with Gasteiger partial charge in [0.1, 0.15) is 11.3 Å². The van der Waals surface area contributed by atoms with E-state index < -0.39 is 0 Å². The molecule has 7 heteroatoms. The van der Waals surface area contributed by atoms with Gasteiger partial charge in [0.15, 0.2) is 11.4 Å². The van der Waals surface area contributed by atoms with Crippen LogP contribution in [0.3, 0.4) is 0 Å². The molecule has 1 amide bonds. The molecule has 1 spiro atoms. The third-order valence-electron chi connectivity index (χ3n) is 5.89. The minimum atomic E-state index is -0.00637. The Morgan fingerprint density at radius 1 is 1.41 bits per heavy atom. The molecule has 2 aromatic rings. The van der Waals surface area contributed by atoms with Gasteiger partial charge in [-0.25, -0.2) is 9.97 Å². The molecule has 2 aliphatic rings. The van der Waals surface area contributed by atoms with Crippen molar-refractivity contribution in [1.29, 1.82) is 0 Å². The Hall–Kier alpha value is -2.70. The molecule has 142 valence electrons. The topological polar surface area (TPSA) is 82.2 Å². The summed E-state index contributed by atoms with van der Waals surface area (Å²) >= 11 is 0. The van der Waals surface area contributed by atoms with Crippen LogP contribution >= 0.6 is 0 Å². The van der Waals surface area contributed by atoms with Crippen molar-refractivity contribution in [2.75, 3.05) is 24.5 Å². The molecule has 2 aliphatic heterocycles. The molecule has 1 unspecified atom stereocenters. The van der Waals surface area contributed by atoms with E-state index in [0.717, 1.165) is 25.5 Å². The number of aromatic amines is 1.